The van der Waals surface area contributed by atoms with Crippen LogP contribution in [0.1, 0.15) is 5.76 Å². The normalized spacial score (nSPS) is 11.1. The number of hydrogen-bond donors (Lipinski definition) is 1. The van der Waals surface area contributed by atoms with Crippen LogP contribution in [0.15, 0.2) is 59.3 Å². The van der Waals surface area contributed by atoms with E-state index in [1.165, 1.54) is 12.4 Å². The Morgan fingerprint density at radius 2 is 1.95 bits per heavy atom. The first kappa shape index (κ1) is 12.8. The smallest absolute Gasteiger partial charge is 0.140 e. The van der Waals surface area contributed by atoms with Gasteiger partial charge in [0, 0.05) is 5.39 Å². The predicted molar refractivity (Wildman–Crippen MR) is 83.0 cm³/mol. The van der Waals surface area contributed by atoms with Crippen molar-refractivity contribution in [2.24, 2.45) is 0 Å². The van der Waals surface area contributed by atoms with Crippen molar-refractivity contribution in [3.8, 4) is 0 Å². The van der Waals surface area contributed by atoms with E-state index < -0.39 is 0 Å². The second-order valence-electron chi connectivity index (χ2n) is 4.96. The molecule has 4 nitrogen and oxygen atoms in total. The lowest BCUT2D eigenvalue weighted by molar-refractivity contribution is 0.559. The Balaban J connectivity index is 1.66. The molecule has 1 N–H and O–H groups in total. The molecule has 4 aromatic rings. The molecule has 2 aromatic heterocycles. The molecule has 0 aliphatic rings. The Bertz CT molecular complexity index is 926. The van der Waals surface area contributed by atoms with Crippen LogP contribution in [-0.4, -0.2) is 9.97 Å². The molecule has 0 aliphatic carbocycles. The van der Waals surface area contributed by atoms with E-state index in [0.29, 0.717) is 23.3 Å². The van der Waals surface area contributed by atoms with Crippen LogP contribution in [0, 0.1) is 5.82 Å². The lowest BCUT2D eigenvalue weighted by atomic mass is 10.2. The van der Waals surface area contributed by atoms with Gasteiger partial charge in [0.2, 0.25) is 0 Å². The van der Waals surface area contributed by atoms with E-state index in [1.807, 2.05) is 30.3 Å². The summed E-state index contributed by atoms with van der Waals surface area (Å²) in [5.74, 6) is 0.887. The first-order valence-electron chi connectivity index (χ1n) is 6.92. The van der Waals surface area contributed by atoms with Gasteiger partial charge in [0.1, 0.15) is 29.3 Å². The van der Waals surface area contributed by atoms with Crippen LogP contribution in [-0.2, 0) is 6.54 Å². The molecule has 0 radical (unpaired) electrons. The molecular formula is C17H12FN3O. The van der Waals surface area contributed by atoms with Crippen LogP contribution >= 0.6 is 0 Å². The number of aromatic nitrogens is 2. The van der Waals surface area contributed by atoms with Crippen molar-refractivity contribution in [2.75, 3.05) is 5.32 Å². The van der Waals surface area contributed by atoms with E-state index in [9.17, 15) is 4.39 Å². The summed E-state index contributed by atoms with van der Waals surface area (Å²) in [6.45, 7) is 0.426. The van der Waals surface area contributed by atoms with Crippen LogP contribution in [0.3, 0.4) is 0 Å². The van der Waals surface area contributed by atoms with E-state index in [4.69, 9.17) is 4.42 Å². The van der Waals surface area contributed by atoms with E-state index in [-0.39, 0.29) is 5.82 Å². The summed E-state index contributed by atoms with van der Waals surface area (Å²) in [7, 11) is 0. The van der Waals surface area contributed by atoms with Crippen molar-refractivity contribution in [3.63, 3.8) is 0 Å². The summed E-state index contributed by atoms with van der Waals surface area (Å²) in [5, 5.41) is 4.55. The topological polar surface area (TPSA) is 51.0 Å². The van der Waals surface area contributed by atoms with Crippen molar-refractivity contribution in [2.45, 2.75) is 6.54 Å². The number of halogens is 1. The number of benzene rings is 2. The molecule has 4 rings (SSSR count). The second kappa shape index (κ2) is 5.11. The van der Waals surface area contributed by atoms with E-state index in [1.54, 1.807) is 12.1 Å². The van der Waals surface area contributed by atoms with Gasteiger partial charge in [-0.05, 0) is 24.3 Å². The lowest BCUT2D eigenvalue weighted by Crippen LogP contribution is -2.02. The molecule has 0 fully saturated rings. The number of rotatable bonds is 3. The third-order valence-corrected chi connectivity index (χ3v) is 3.52. The van der Waals surface area contributed by atoms with Crippen molar-refractivity contribution < 1.29 is 8.81 Å². The summed E-state index contributed by atoms with van der Waals surface area (Å²) in [6.07, 6.45) is 1.42. The number of fused-ring (bicyclic) bond motifs is 2. The lowest BCUT2D eigenvalue weighted by Gasteiger charge is -2.07. The molecule has 0 unspecified atom stereocenters. The molecule has 0 aliphatic heterocycles. The summed E-state index contributed by atoms with van der Waals surface area (Å²) >= 11 is 0. The zero-order chi connectivity index (χ0) is 14.9. The molecule has 5 heteroatoms. The van der Waals surface area contributed by atoms with E-state index >= 15 is 0 Å². The first-order valence-corrected chi connectivity index (χ1v) is 6.92. The van der Waals surface area contributed by atoms with E-state index in [2.05, 4.69) is 15.3 Å². The van der Waals surface area contributed by atoms with Crippen LogP contribution < -0.4 is 5.32 Å². The first-order chi connectivity index (χ1) is 10.8. The van der Waals surface area contributed by atoms with Gasteiger partial charge >= 0.3 is 0 Å². The quantitative estimate of drug-likeness (QED) is 0.617. The molecule has 0 atom stereocenters. The van der Waals surface area contributed by atoms with Crippen molar-refractivity contribution in [3.05, 3.63) is 66.4 Å². The summed E-state index contributed by atoms with van der Waals surface area (Å²) in [6, 6.07) is 14.5. The molecule has 0 saturated carbocycles. The standard InChI is InChI=1S/C17H12FN3O/c18-13-5-3-6-14-16(13)17(21-10-20-14)19-9-12-8-11-4-1-2-7-15(11)22-12/h1-8,10H,9H2,(H,19,20,21). The Kier molecular flexibility index (Phi) is 2.96. The highest BCUT2D eigenvalue weighted by Crippen LogP contribution is 2.24. The largest absolute Gasteiger partial charge is 0.459 e. The molecule has 0 amide bonds. The number of nitrogens with zero attached hydrogens (tertiary/aromatic N) is 2. The van der Waals surface area contributed by atoms with Crippen LogP contribution in [0.4, 0.5) is 10.2 Å². The zero-order valence-corrected chi connectivity index (χ0v) is 11.6. The number of para-hydroxylation sites is 1. The van der Waals surface area contributed by atoms with Gasteiger partial charge in [-0.1, -0.05) is 24.3 Å². The summed E-state index contributed by atoms with van der Waals surface area (Å²) in [5.41, 5.74) is 1.40. The molecule has 2 aromatic carbocycles. The monoisotopic (exact) mass is 293 g/mol. The Morgan fingerprint density at radius 1 is 1.05 bits per heavy atom. The van der Waals surface area contributed by atoms with Crippen molar-refractivity contribution in [1.29, 1.82) is 0 Å². The number of hydrogen-bond acceptors (Lipinski definition) is 4. The molecule has 0 bridgehead atoms. The maximum absolute atomic E-state index is 14.0. The molecule has 22 heavy (non-hydrogen) atoms. The predicted octanol–water partition coefficient (Wildman–Crippen LogP) is 4.13. The number of anilines is 1. The third-order valence-electron chi connectivity index (χ3n) is 3.52. The fourth-order valence-corrected chi connectivity index (χ4v) is 2.50. The van der Waals surface area contributed by atoms with Gasteiger partial charge in [0.05, 0.1) is 17.4 Å². The Hall–Kier alpha value is -2.95. The maximum atomic E-state index is 14.0. The second-order valence-corrected chi connectivity index (χ2v) is 4.96. The highest BCUT2D eigenvalue weighted by Gasteiger charge is 2.09. The van der Waals surface area contributed by atoms with Gasteiger partial charge in [-0.3, -0.25) is 0 Å². The van der Waals surface area contributed by atoms with Gasteiger partial charge < -0.3 is 9.73 Å². The van der Waals surface area contributed by atoms with Crippen LogP contribution in [0.2, 0.25) is 0 Å². The van der Waals surface area contributed by atoms with Gasteiger partial charge in [0.15, 0.2) is 0 Å². The number of furan rings is 1. The zero-order valence-electron chi connectivity index (χ0n) is 11.6. The average molecular weight is 293 g/mol. The van der Waals surface area contributed by atoms with Crippen molar-refractivity contribution >= 4 is 27.7 Å². The highest BCUT2D eigenvalue weighted by atomic mass is 19.1. The van der Waals surface area contributed by atoms with Crippen molar-refractivity contribution in [1.82, 2.24) is 9.97 Å². The minimum Gasteiger partial charge on any atom is -0.459 e. The highest BCUT2D eigenvalue weighted by molar-refractivity contribution is 5.89. The average Bonchev–Trinajstić information content (AvgIpc) is 2.96. The minimum absolute atomic E-state index is 0.342. The maximum Gasteiger partial charge on any atom is 0.140 e. The summed E-state index contributed by atoms with van der Waals surface area (Å²) in [4.78, 5) is 8.21. The fourth-order valence-electron chi connectivity index (χ4n) is 2.50. The molecule has 2 heterocycles. The van der Waals surface area contributed by atoms with Gasteiger partial charge in [-0.15, -0.1) is 0 Å². The molecule has 0 spiro atoms. The van der Waals surface area contributed by atoms with Gasteiger partial charge in [0.25, 0.3) is 0 Å². The van der Waals surface area contributed by atoms with E-state index in [0.717, 1.165) is 16.7 Å². The van der Waals surface area contributed by atoms with Crippen LogP contribution in [0.5, 0.6) is 0 Å². The SMILES string of the molecule is Fc1cccc2ncnc(NCc3cc4ccccc4o3)c12. The Labute approximate surface area is 125 Å². The Morgan fingerprint density at radius 3 is 2.86 bits per heavy atom. The fraction of sp³-hybridized carbons (Fsp3) is 0.0588. The van der Waals surface area contributed by atoms with Gasteiger partial charge in [-0.25, -0.2) is 14.4 Å². The minimum atomic E-state index is -0.342. The molecule has 108 valence electrons. The number of nitrogens with one attached hydrogen (secondary N) is 1. The molecular weight excluding hydrogens is 281 g/mol. The van der Waals surface area contributed by atoms with Crippen LogP contribution in [0.25, 0.3) is 21.9 Å². The van der Waals surface area contributed by atoms with Gasteiger partial charge in [-0.2, -0.15) is 0 Å². The molecule has 0 saturated heterocycles. The summed E-state index contributed by atoms with van der Waals surface area (Å²) < 4.78 is 19.7. The third kappa shape index (κ3) is 2.16.